The minimum absolute atomic E-state index is 0. The van der Waals surface area contributed by atoms with Gasteiger partial charge < -0.3 is 25.3 Å². The average Bonchev–Trinajstić information content (AvgIpc) is 3.11. The van der Waals surface area contributed by atoms with E-state index in [9.17, 15) is 0 Å². The van der Waals surface area contributed by atoms with Crippen molar-refractivity contribution < 1.29 is 14.2 Å². The van der Waals surface area contributed by atoms with Crippen molar-refractivity contribution in [3.8, 4) is 11.5 Å². The zero-order valence-electron chi connectivity index (χ0n) is 15.3. The minimum Gasteiger partial charge on any atom is -0.493 e. The number of methoxy groups -OCH3 is 2. The highest BCUT2D eigenvalue weighted by Crippen LogP contribution is 2.28. The van der Waals surface area contributed by atoms with Crippen LogP contribution in [0.25, 0.3) is 0 Å². The van der Waals surface area contributed by atoms with Gasteiger partial charge in [0.15, 0.2) is 17.5 Å². The van der Waals surface area contributed by atoms with Gasteiger partial charge in [0.25, 0.3) is 0 Å². The summed E-state index contributed by atoms with van der Waals surface area (Å²) >= 11 is 0. The molecular formula is C18H30IN3O3. The Kier molecular flexibility index (Phi) is 9.96. The summed E-state index contributed by atoms with van der Waals surface area (Å²) in [6.45, 7) is 4.43. The number of nitrogens with zero attached hydrogens (tertiary/aromatic N) is 1. The third-order valence-electron chi connectivity index (χ3n) is 4.14. The molecule has 6 nitrogen and oxygen atoms in total. The van der Waals surface area contributed by atoms with Crippen molar-refractivity contribution in [3.63, 3.8) is 0 Å². The lowest BCUT2D eigenvalue weighted by Crippen LogP contribution is -2.37. The molecule has 1 saturated heterocycles. The third-order valence-corrected chi connectivity index (χ3v) is 4.14. The molecule has 0 aromatic heterocycles. The highest BCUT2D eigenvalue weighted by molar-refractivity contribution is 14.0. The van der Waals surface area contributed by atoms with Crippen LogP contribution in [0.1, 0.15) is 25.3 Å². The summed E-state index contributed by atoms with van der Waals surface area (Å²) in [4.78, 5) is 4.43. The molecule has 0 radical (unpaired) electrons. The molecule has 0 saturated carbocycles. The SMILES string of the molecule is COc1ccc(CC(C)CN=C(N)NCC2CCCO2)cc1OC.I. The number of nitrogens with two attached hydrogens (primary N) is 1. The largest absolute Gasteiger partial charge is 0.493 e. The van der Waals surface area contributed by atoms with Crippen molar-refractivity contribution in [1.29, 1.82) is 0 Å². The Morgan fingerprint density at radius 2 is 2.12 bits per heavy atom. The fraction of sp³-hybridized carbons (Fsp3) is 0.611. The number of aliphatic imine (C=N–C) groups is 1. The van der Waals surface area contributed by atoms with Crippen molar-refractivity contribution in [2.45, 2.75) is 32.3 Å². The van der Waals surface area contributed by atoms with Crippen LogP contribution in [0.5, 0.6) is 11.5 Å². The fourth-order valence-corrected chi connectivity index (χ4v) is 2.81. The lowest BCUT2D eigenvalue weighted by molar-refractivity contribution is 0.114. The monoisotopic (exact) mass is 463 g/mol. The summed E-state index contributed by atoms with van der Waals surface area (Å²) in [7, 11) is 3.29. The molecule has 2 rings (SSSR count). The normalized spacial score (nSPS) is 18.4. The number of hydrogen-bond donors (Lipinski definition) is 2. The van der Waals surface area contributed by atoms with Gasteiger partial charge in [-0.25, -0.2) is 0 Å². The van der Waals surface area contributed by atoms with Crippen molar-refractivity contribution in [3.05, 3.63) is 23.8 Å². The maximum atomic E-state index is 5.92. The number of rotatable bonds is 8. The molecule has 1 heterocycles. The molecule has 25 heavy (non-hydrogen) atoms. The standard InChI is InChI=1S/C18H29N3O3.HI/c1-13(9-14-6-7-16(22-2)17(10-14)23-3)11-20-18(19)21-12-15-5-4-8-24-15;/h6-7,10,13,15H,4-5,8-9,11-12H2,1-3H3,(H3,19,20,21);1H. The van der Waals surface area contributed by atoms with Crippen LogP contribution in [-0.2, 0) is 11.2 Å². The van der Waals surface area contributed by atoms with E-state index in [1.807, 2.05) is 12.1 Å². The molecular weight excluding hydrogens is 433 g/mol. The Balaban J connectivity index is 0.00000312. The fourth-order valence-electron chi connectivity index (χ4n) is 2.81. The molecule has 0 spiro atoms. The number of ether oxygens (including phenoxy) is 3. The van der Waals surface area contributed by atoms with Crippen molar-refractivity contribution in [2.24, 2.45) is 16.6 Å². The van der Waals surface area contributed by atoms with Gasteiger partial charge in [-0.2, -0.15) is 0 Å². The summed E-state index contributed by atoms with van der Waals surface area (Å²) in [5.41, 5.74) is 7.12. The van der Waals surface area contributed by atoms with E-state index >= 15 is 0 Å². The Morgan fingerprint density at radius 3 is 2.76 bits per heavy atom. The smallest absolute Gasteiger partial charge is 0.188 e. The van der Waals surface area contributed by atoms with Crippen LogP contribution < -0.4 is 20.5 Å². The summed E-state index contributed by atoms with van der Waals surface area (Å²) in [5, 5.41) is 3.14. The van der Waals surface area contributed by atoms with E-state index in [0.29, 0.717) is 18.4 Å². The van der Waals surface area contributed by atoms with E-state index in [-0.39, 0.29) is 30.1 Å². The highest BCUT2D eigenvalue weighted by Gasteiger charge is 2.15. The molecule has 0 bridgehead atoms. The quantitative estimate of drug-likeness (QED) is 0.352. The van der Waals surface area contributed by atoms with Crippen LogP contribution >= 0.6 is 24.0 Å². The molecule has 3 N–H and O–H groups in total. The molecule has 1 aromatic rings. The van der Waals surface area contributed by atoms with Crippen LogP contribution in [-0.4, -0.2) is 46.0 Å². The Morgan fingerprint density at radius 1 is 1.36 bits per heavy atom. The van der Waals surface area contributed by atoms with Gasteiger partial charge in [0, 0.05) is 19.7 Å². The maximum absolute atomic E-state index is 5.92. The van der Waals surface area contributed by atoms with Crippen molar-refractivity contribution >= 4 is 29.9 Å². The Bertz CT molecular complexity index is 548. The summed E-state index contributed by atoms with van der Waals surface area (Å²) in [5.74, 6) is 2.37. The molecule has 1 aliphatic heterocycles. The van der Waals surface area contributed by atoms with Gasteiger partial charge in [0.2, 0.25) is 0 Å². The minimum atomic E-state index is 0. The number of hydrogen-bond acceptors (Lipinski definition) is 4. The number of guanidine groups is 1. The molecule has 0 amide bonds. The third kappa shape index (κ3) is 7.27. The number of halogens is 1. The van der Waals surface area contributed by atoms with Gasteiger partial charge in [-0.15, -0.1) is 24.0 Å². The van der Waals surface area contributed by atoms with E-state index in [4.69, 9.17) is 19.9 Å². The molecule has 1 aliphatic rings. The molecule has 1 fully saturated rings. The topological polar surface area (TPSA) is 78.1 Å². The first-order valence-corrected chi connectivity index (χ1v) is 8.48. The second-order valence-corrected chi connectivity index (χ2v) is 6.24. The van der Waals surface area contributed by atoms with Crippen LogP contribution in [0.3, 0.4) is 0 Å². The summed E-state index contributed by atoms with van der Waals surface area (Å²) in [6, 6.07) is 6.00. The van der Waals surface area contributed by atoms with E-state index in [0.717, 1.165) is 43.9 Å². The molecule has 2 atom stereocenters. The van der Waals surface area contributed by atoms with Gasteiger partial charge >= 0.3 is 0 Å². The Labute approximate surface area is 167 Å². The van der Waals surface area contributed by atoms with E-state index in [2.05, 4.69) is 23.3 Å². The second-order valence-electron chi connectivity index (χ2n) is 6.24. The molecule has 2 unspecified atom stereocenters. The molecule has 1 aromatic carbocycles. The first-order valence-electron chi connectivity index (χ1n) is 8.48. The first-order chi connectivity index (χ1) is 11.6. The molecule has 142 valence electrons. The van der Waals surface area contributed by atoms with E-state index in [1.54, 1.807) is 14.2 Å². The van der Waals surface area contributed by atoms with Crippen molar-refractivity contribution in [2.75, 3.05) is 33.9 Å². The van der Waals surface area contributed by atoms with Gasteiger partial charge in [-0.1, -0.05) is 13.0 Å². The highest BCUT2D eigenvalue weighted by atomic mass is 127. The van der Waals surface area contributed by atoms with Crippen molar-refractivity contribution in [1.82, 2.24) is 5.32 Å². The number of nitrogens with one attached hydrogen (secondary N) is 1. The summed E-state index contributed by atoms with van der Waals surface area (Å²) < 4.78 is 16.2. The molecule has 0 aliphatic carbocycles. The zero-order valence-corrected chi connectivity index (χ0v) is 17.6. The van der Waals surface area contributed by atoms with Crippen LogP contribution in [0.2, 0.25) is 0 Å². The Hall–Kier alpha value is -1.22. The molecule has 7 heteroatoms. The lowest BCUT2D eigenvalue weighted by atomic mass is 10.0. The van der Waals surface area contributed by atoms with Gasteiger partial charge in [0.1, 0.15) is 0 Å². The maximum Gasteiger partial charge on any atom is 0.188 e. The van der Waals surface area contributed by atoms with E-state index in [1.165, 1.54) is 5.56 Å². The summed E-state index contributed by atoms with van der Waals surface area (Å²) in [6.07, 6.45) is 3.40. The number of benzene rings is 1. The average molecular weight is 463 g/mol. The predicted octanol–water partition coefficient (Wildman–Crippen LogP) is 2.58. The van der Waals surface area contributed by atoms with Gasteiger partial charge in [0.05, 0.1) is 20.3 Å². The van der Waals surface area contributed by atoms with E-state index < -0.39 is 0 Å². The lowest BCUT2D eigenvalue weighted by Gasteiger charge is -2.14. The van der Waals surface area contributed by atoms with Gasteiger partial charge in [-0.05, 0) is 42.9 Å². The van der Waals surface area contributed by atoms with Crippen LogP contribution in [0.4, 0.5) is 0 Å². The van der Waals surface area contributed by atoms with Crippen LogP contribution in [0, 0.1) is 5.92 Å². The first kappa shape index (κ1) is 21.8. The zero-order chi connectivity index (χ0) is 17.4. The predicted molar refractivity (Wildman–Crippen MR) is 111 cm³/mol. The van der Waals surface area contributed by atoms with Crippen LogP contribution in [0.15, 0.2) is 23.2 Å². The van der Waals surface area contributed by atoms with Gasteiger partial charge in [-0.3, -0.25) is 4.99 Å². The second kappa shape index (κ2) is 11.4.